The van der Waals surface area contributed by atoms with Gasteiger partial charge in [0.25, 0.3) is 0 Å². The summed E-state index contributed by atoms with van der Waals surface area (Å²) in [5, 5.41) is 9.03. The summed E-state index contributed by atoms with van der Waals surface area (Å²) in [6, 6.07) is 10.1. The number of ether oxygens (including phenoxy) is 1. The molecule has 4 rings (SSSR count). The van der Waals surface area contributed by atoms with E-state index in [1.807, 2.05) is 12.1 Å². The number of carbonyl (C=O) groups excluding carboxylic acids is 1. The van der Waals surface area contributed by atoms with Gasteiger partial charge >= 0.3 is 0 Å². The number of nitriles is 1. The molecule has 1 aliphatic heterocycles. The van der Waals surface area contributed by atoms with Gasteiger partial charge in [-0.1, -0.05) is 6.92 Å². The molecule has 0 amide bonds. The number of piperidine rings is 1. The van der Waals surface area contributed by atoms with Crippen molar-refractivity contribution in [3.05, 3.63) is 29.8 Å². The van der Waals surface area contributed by atoms with E-state index in [-0.39, 0.29) is 17.6 Å². The van der Waals surface area contributed by atoms with E-state index < -0.39 is 0 Å². The number of hydrogen-bond acceptors (Lipinski definition) is 5. The smallest absolute Gasteiger partial charge is 0.133 e. The van der Waals surface area contributed by atoms with Crippen molar-refractivity contribution in [2.45, 2.75) is 63.6 Å². The molecule has 0 aromatic heterocycles. The zero-order valence-corrected chi connectivity index (χ0v) is 16.1. The van der Waals surface area contributed by atoms with E-state index in [0.29, 0.717) is 36.1 Å². The van der Waals surface area contributed by atoms with Crippen molar-refractivity contribution < 1.29 is 9.53 Å². The Labute approximate surface area is 161 Å². The molecule has 1 saturated heterocycles. The summed E-state index contributed by atoms with van der Waals surface area (Å²) in [6.07, 6.45) is 5.51. The zero-order valence-electron chi connectivity index (χ0n) is 16.1. The molecule has 2 saturated carbocycles. The number of ketones is 1. The molecule has 0 spiro atoms. The van der Waals surface area contributed by atoms with Crippen molar-refractivity contribution in [3.8, 4) is 11.8 Å². The fourth-order valence-electron chi connectivity index (χ4n) is 5.45. The van der Waals surface area contributed by atoms with Crippen LogP contribution in [0.1, 0.15) is 51.0 Å². The van der Waals surface area contributed by atoms with Crippen molar-refractivity contribution >= 4 is 5.78 Å². The van der Waals surface area contributed by atoms with Gasteiger partial charge in [-0.25, -0.2) is 0 Å². The fourth-order valence-corrected chi connectivity index (χ4v) is 5.45. The van der Waals surface area contributed by atoms with Gasteiger partial charge < -0.3 is 10.5 Å². The standard InChI is InChI=1S/C22H29N3O2/c1-22-9-8-18(26)11-16(22)12-20(25-10-2-3-17(24)14-25)21(22)27-19-6-4-15(13-23)5-7-19/h4-7,16-17,20-21H,2-3,8-12,14,24H2,1H3/t16-,17+,20+,21-,22-/m0/s1. The normalized spacial score (nSPS) is 36.9. The molecule has 1 aromatic rings. The second-order valence-electron chi connectivity index (χ2n) is 8.82. The highest BCUT2D eigenvalue weighted by molar-refractivity contribution is 5.79. The molecule has 5 nitrogen and oxygen atoms in total. The molecule has 2 N–H and O–H groups in total. The summed E-state index contributed by atoms with van der Waals surface area (Å²) in [4.78, 5) is 14.6. The third kappa shape index (κ3) is 3.49. The molecule has 3 fully saturated rings. The minimum atomic E-state index is 0.00796. The summed E-state index contributed by atoms with van der Waals surface area (Å²) in [6.45, 7) is 4.28. The largest absolute Gasteiger partial charge is 0.488 e. The van der Waals surface area contributed by atoms with Crippen LogP contribution in [0.25, 0.3) is 0 Å². The highest BCUT2D eigenvalue weighted by atomic mass is 16.5. The van der Waals surface area contributed by atoms with Crippen LogP contribution in [0, 0.1) is 22.7 Å². The number of nitrogens with two attached hydrogens (primary N) is 1. The molecule has 2 aliphatic carbocycles. The first kappa shape index (κ1) is 18.5. The number of Topliss-reactive ketones (excluding diaryl/α,β-unsaturated/α-hetero) is 1. The number of carbonyl (C=O) groups is 1. The van der Waals surface area contributed by atoms with Crippen LogP contribution in [-0.2, 0) is 4.79 Å². The van der Waals surface area contributed by atoms with Gasteiger partial charge in [0.1, 0.15) is 17.6 Å². The minimum absolute atomic E-state index is 0.00796. The van der Waals surface area contributed by atoms with Crippen molar-refractivity contribution in [1.82, 2.24) is 4.90 Å². The monoisotopic (exact) mass is 367 g/mol. The van der Waals surface area contributed by atoms with E-state index >= 15 is 0 Å². The second-order valence-corrected chi connectivity index (χ2v) is 8.82. The summed E-state index contributed by atoms with van der Waals surface area (Å²) < 4.78 is 6.58. The first-order valence-corrected chi connectivity index (χ1v) is 10.2. The topological polar surface area (TPSA) is 79.3 Å². The molecule has 144 valence electrons. The van der Waals surface area contributed by atoms with Gasteiger partial charge in [0.15, 0.2) is 0 Å². The lowest BCUT2D eigenvalue weighted by molar-refractivity contribution is -0.125. The van der Waals surface area contributed by atoms with Crippen LogP contribution < -0.4 is 10.5 Å². The Morgan fingerprint density at radius 2 is 2.11 bits per heavy atom. The Kier molecular flexibility index (Phi) is 4.96. The quantitative estimate of drug-likeness (QED) is 0.889. The lowest BCUT2D eigenvalue weighted by Crippen LogP contribution is -2.54. The Bertz CT molecular complexity index is 741. The van der Waals surface area contributed by atoms with Gasteiger partial charge in [0, 0.05) is 36.9 Å². The maximum absolute atomic E-state index is 12.1. The number of likely N-dealkylation sites (tertiary alicyclic amines) is 1. The minimum Gasteiger partial charge on any atom is -0.488 e. The van der Waals surface area contributed by atoms with Crippen molar-refractivity contribution in [3.63, 3.8) is 0 Å². The molecule has 0 unspecified atom stereocenters. The Balaban J connectivity index is 1.61. The van der Waals surface area contributed by atoms with Gasteiger partial charge in [-0.3, -0.25) is 9.69 Å². The van der Waals surface area contributed by atoms with Crippen molar-refractivity contribution in [1.29, 1.82) is 5.26 Å². The van der Waals surface area contributed by atoms with Gasteiger partial charge in [-0.05, 0) is 62.4 Å². The molecule has 0 bridgehead atoms. The van der Waals surface area contributed by atoms with Gasteiger partial charge in [-0.15, -0.1) is 0 Å². The molecule has 27 heavy (non-hydrogen) atoms. The van der Waals surface area contributed by atoms with Crippen molar-refractivity contribution in [2.24, 2.45) is 17.1 Å². The SMILES string of the molecule is C[C@]12CCC(=O)C[C@H]1C[C@@H](N1CCC[C@@H](N)C1)[C@@H]2Oc1ccc(C#N)cc1. The van der Waals surface area contributed by atoms with Crippen LogP contribution in [-0.4, -0.2) is 42.0 Å². The van der Waals surface area contributed by atoms with Crippen LogP contribution in [0.5, 0.6) is 5.75 Å². The lowest BCUT2D eigenvalue weighted by Gasteiger charge is -2.43. The van der Waals surface area contributed by atoms with Crippen molar-refractivity contribution in [2.75, 3.05) is 13.1 Å². The molecule has 3 aliphatic rings. The Morgan fingerprint density at radius 1 is 1.33 bits per heavy atom. The summed E-state index contributed by atoms with van der Waals surface area (Å²) in [5.41, 5.74) is 6.90. The Morgan fingerprint density at radius 3 is 2.81 bits per heavy atom. The molecular weight excluding hydrogens is 338 g/mol. The number of hydrogen-bond donors (Lipinski definition) is 1. The first-order chi connectivity index (χ1) is 13.0. The number of nitrogens with zero attached hydrogens (tertiary/aromatic N) is 2. The van der Waals surface area contributed by atoms with E-state index in [9.17, 15) is 4.79 Å². The number of fused-ring (bicyclic) bond motifs is 1. The van der Waals surface area contributed by atoms with Crippen LogP contribution >= 0.6 is 0 Å². The summed E-state index contributed by atoms with van der Waals surface area (Å²) in [7, 11) is 0. The molecule has 1 heterocycles. The van der Waals surface area contributed by atoms with Crippen LogP contribution in [0.3, 0.4) is 0 Å². The average Bonchev–Trinajstić information content (AvgIpc) is 2.95. The molecule has 5 atom stereocenters. The van der Waals surface area contributed by atoms with Crippen LogP contribution in [0.2, 0.25) is 0 Å². The lowest BCUT2D eigenvalue weighted by atomic mass is 9.68. The molecule has 1 aromatic carbocycles. The number of rotatable bonds is 3. The van der Waals surface area contributed by atoms with E-state index in [1.54, 1.807) is 12.1 Å². The maximum Gasteiger partial charge on any atom is 0.133 e. The highest BCUT2D eigenvalue weighted by Crippen LogP contribution is 2.54. The van der Waals surface area contributed by atoms with Crippen LogP contribution in [0.4, 0.5) is 0 Å². The van der Waals surface area contributed by atoms with Crippen LogP contribution in [0.15, 0.2) is 24.3 Å². The summed E-state index contributed by atoms with van der Waals surface area (Å²) in [5.74, 6) is 1.58. The van der Waals surface area contributed by atoms with Gasteiger partial charge in [0.2, 0.25) is 0 Å². The van der Waals surface area contributed by atoms with Gasteiger partial charge in [0.05, 0.1) is 11.6 Å². The third-order valence-corrected chi connectivity index (χ3v) is 7.08. The predicted molar refractivity (Wildman–Crippen MR) is 103 cm³/mol. The number of benzene rings is 1. The molecule has 0 radical (unpaired) electrons. The van der Waals surface area contributed by atoms with E-state index in [2.05, 4.69) is 17.9 Å². The average molecular weight is 367 g/mol. The van der Waals surface area contributed by atoms with Gasteiger partial charge in [-0.2, -0.15) is 5.26 Å². The highest BCUT2D eigenvalue weighted by Gasteiger charge is 2.57. The zero-order chi connectivity index (χ0) is 19.0. The van der Waals surface area contributed by atoms with E-state index in [1.165, 1.54) is 0 Å². The molecule has 5 heteroatoms. The second kappa shape index (κ2) is 7.26. The summed E-state index contributed by atoms with van der Waals surface area (Å²) >= 11 is 0. The maximum atomic E-state index is 12.1. The third-order valence-electron chi connectivity index (χ3n) is 7.08. The van der Waals surface area contributed by atoms with E-state index in [4.69, 9.17) is 15.7 Å². The fraction of sp³-hybridized carbons (Fsp3) is 0.636. The first-order valence-electron chi connectivity index (χ1n) is 10.2. The Hall–Kier alpha value is -1.90. The van der Waals surface area contributed by atoms with E-state index in [0.717, 1.165) is 44.5 Å². The molecular formula is C22H29N3O2. The predicted octanol–water partition coefficient (Wildman–Crippen LogP) is 2.88.